The summed E-state index contributed by atoms with van der Waals surface area (Å²) in [6.07, 6.45) is 21.0. The molecule has 0 N–H and O–H groups in total. The highest BCUT2D eigenvalue weighted by Gasteiger charge is 2.39. The molecule has 0 rings (SSSR count). The zero-order chi connectivity index (χ0) is 19.5. The van der Waals surface area contributed by atoms with E-state index in [0.717, 1.165) is 19.3 Å². The highest BCUT2D eigenvalue weighted by Crippen LogP contribution is 2.33. The topological polar surface area (TPSA) is 27.7 Å². The molecule has 0 aromatic rings. The Bertz CT molecular complexity index is 292. The van der Waals surface area contributed by atoms with Crippen molar-refractivity contribution < 1.29 is 14.2 Å². The Kier molecular flexibility index (Phi) is 17.7. The molecule has 0 aromatic heterocycles. The summed E-state index contributed by atoms with van der Waals surface area (Å²) in [5, 5.41) is 0. The third kappa shape index (κ3) is 11.4. The van der Waals surface area contributed by atoms with Crippen LogP contribution >= 0.6 is 0 Å². The van der Waals surface area contributed by atoms with E-state index in [0.29, 0.717) is 5.92 Å². The van der Waals surface area contributed by atoms with Crippen LogP contribution in [0.3, 0.4) is 0 Å². The lowest BCUT2D eigenvalue weighted by molar-refractivity contribution is -0.380. The molecule has 156 valence electrons. The van der Waals surface area contributed by atoms with E-state index in [-0.39, 0.29) is 0 Å². The minimum absolute atomic E-state index is 0.300. The van der Waals surface area contributed by atoms with Gasteiger partial charge in [0.25, 0.3) is 5.97 Å². The SMILES string of the molecule is C=CCCCCCCCCC(CCCCCCCC)C(OC)(OC)OC. The molecule has 0 aliphatic heterocycles. The maximum atomic E-state index is 5.66. The largest absolute Gasteiger partial charge is 0.331 e. The van der Waals surface area contributed by atoms with Gasteiger partial charge in [0, 0.05) is 27.2 Å². The van der Waals surface area contributed by atoms with Crippen molar-refractivity contribution in [3.63, 3.8) is 0 Å². The maximum absolute atomic E-state index is 5.66. The zero-order valence-electron chi connectivity index (χ0n) is 18.2. The molecule has 0 aliphatic carbocycles. The molecule has 1 atom stereocenters. The van der Waals surface area contributed by atoms with Crippen molar-refractivity contribution in [1.29, 1.82) is 0 Å². The van der Waals surface area contributed by atoms with Crippen molar-refractivity contribution in [2.45, 2.75) is 109 Å². The van der Waals surface area contributed by atoms with E-state index in [2.05, 4.69) is 13.5 Å². The van der Waals surface area contributed by atoms with Gasteiger partial charge in [-0.15, -0.1) is 6.58 Å². The van der Waals surface area contributed by atoms with Crippen LogP contribution in [0.5, 0.6) is 0 Å². The second-order valence-electron chi connectivity index (χ2n) is 7.46. The number of methoxy groups -OCH3 is 3. The van der Waals surface area contributed by atoms with Gasteiger partial charge in [-0.1, -0.05) is 83.6 Å². The Hall–Kier alpha value is -0.380. The van der Waals surface area contributed by atoms with Gasteiger partial charge in [0.2, 0.25) is 0 Å². The fraction of sp³-hybridized carbons (Fsp3) is 0.913. The molecule has 0 amide bonds. The number of allylic oxidation sites excluding steroid dienone is 1. The first-order chi connectivity index (χ1) is 12.7. The van der Waals surface area contributed by atoms with Crippen LogP contribution in [0.4, 0.5) is 0 Å². The van der Waals surface area contributed by atoms with Gasteiger partial charge in [0.1, 0.15) is 0 Å². The van der Waals surface area contributed by atoms with Crippen LogP contribution < -0.4 is 0 Å². The Morgan fingerprint density at radius 1 is 0.692 bits per heavy atom. The van der Waals surface area contributed by atoms with E-state index in [1.165, 1.54) is 77.0 Å². The van der Waals surface area contributed by atoms with Gasteiger partial charge in [-0.25, -0.2) is 0 Å². The van der Waals surface area contributed by atoms with Crippen molar-refractivity contribution in [1.82, 2.24) is 0 Å². The third-order valence-corrected chi connectivity index (χ3v) is 5.47. The Morgan fingerprint density at radius 2 is 1.12 bits per heavy atom. The van der Waals surface area contributed by atoms with Gasteiger partial charge in [-0.3, -0.25) is 0 Å². The Morgan fingerprint density at radius 3 is 1.54 bits per heavy atom. The molecule has 0 bridgehead atoms. The van der Waals surface area contributed by atoms with Gasteiger partial charge in [-0.2, -0.15) is 0 Å². The van der Waals surface area contributed by atoms with Crippen LogP contribution in [-0.4, -0.2) is 27.3 Å². The fourth-order valence-corrected chi connectivity index (χ4v) is 3.81. The van der Waals surface area contributed by atoms with Crippen LogP contribution in [0.1, 0.15) is 103 Å². The lowest BCUT2D eigenvalue weighted by Crippen LogP contribution is -2.44. The number of hydrogen-bond acceptors (Lipinski definition) is 3. The Balaban J connectivity index is 4.22. The highest BCUT2D eigenvalue weighted by atomic mass is 16.9. The number of ether oxygens (including phenoxy) is 3. The van der Waals surface area contributed by atoms with Gasteiger partial charge in [0.15, 0.2) is 0 Å². The third-order valence-electron chi connectivity index (χ3n) is 5.47. The standard InChI is InChI=1S/C23H46O3/c1-6-8-10-12-14-15-17-19-21-22(23(24-3,25-4)26-5)20-18-16-13-11-9-7-2/h6,22H,1,7-21H2,2-5H3. The molecule has 0 saturated heterocycles. The maximum Gasteiger partial charge on any atom is 0.285 e. The summed E-state index contributed by atoms with van der Waals surface area (Å²) in [4.78, 5) is 0. The molecule has 0 aliphatic rings. The van der Waals surface area contributed by atoms with Gasteiger partial charge >= 0.3 is 0 Å². The normalized spacial score (nSPS) is 13.1. The minimum atomic E-state index is -0.882. The zero-order valence-corrected chi connectivity index (χ0v) is 18.2. The molecule has 26 heavy (non-hydrogen) atoms. The summed E-state index contributed by atoms with van der Waals surface area (Å²) in [6, 6.07) is 0. The fourth-order valence-electron chi connectivity index (χ4n) is 3.81. The first-order valence-corrected chi connectivity index (χ1v) is 11.0. The molecule has 3 heteroatoms. The van der Waals surface area contributed by atoms with Crippen molar-refractivity contribution in [2.24, 2.45) is 5.92 Å². The van der Waals surface area contributed by atoms with Crippen LogP contribution in [0.2, 0.25) is 0 Å². The first kappa shape index (κ1) is 25.6. The minimum Gasteiger partial charge on any atom is -0.331 e. The second kappa shape index (κ2) is 18.0. The summed E-state index contributed by atoms with van der Waals surface area (Å²) >= 11 is 0. The second-order valence-corrected chi connectivity index (χ2v) is 7.46. The molecule has 0 spiro atoms. The summed E-state index contributed by atoms with van der Waals surface area (Å²) in [5.41, 5.74) is 0. The highest BCUT2D eigenvalue weighted by molar-refractivity contribution is 4.72. The monoisotopic (exact) mass is 370 g/mol. The predicted octanol–water partition coefficient (Wildman–Crippen LogP) is 7.25. The van der Waals surface area contributed by atoms with Crippen LogP contribution in [-0.2, 0) is 14.2 Å². The molecule has 0 saturated carbocycles. The summed E-state index contributed by atoms with van der Waals surface area (Å²) in [7, 11) is 5.09. The van der Waals surface area contributed by atoms with Crippen molar-refractivity contribution >= 4 is 0 Å². The average molecular weight is 371 g/mol. The number of unbranched alkanes of at least 4 members (excludes halogenated alkanes) is 11. The van der Waals surface area contributed by atoms with Crippen molar-refractivity contribution in [3.05, 3.63) is 12.7 Å². The number of hydrogen-bond donors (Lipinski definition) is 0. The molecule has 3 nitrogen and oxygen atoms in total. The molecule has 0 radical (unpaired) electrons. The molecule has 0 fully saturated rings. The number of rotatable bonds is 20. The lowest BCUT2D eigenvalue weighted by atomic mass is 9.91. The molecular formula is C23H46O3. The summed E-state index contributed by atoms with van der Waals surface area (Å²) in [5.74, 6) is -0.581. The van der Waals surface area contributed by atoms with Gasteiger partial charge in [0.05, 0.1) is 0 Å². The molecule has 1 unspecified atom stereocenters. The Labute approximate surface area is 163 Å². The smallest absolute Gasteiger partial charge is 0.285 e. The van der Waals surface area contributed by atoms with E-state index >= 15 is 0 Å². The average Bonchev–Trinajstić information content (AvgIpc) is 2.67. The first-order valence-electron chi connectivity index (χ1n) is 11.0. The quantitative estimate of drug-likeness (QED) is 0.128. The molecule has 0 aromatic carbocycles. The van der Waals surface area contributed by atoms with E-state index in [9.17, 15) is 0 Å². The van der Waals surface area contributed by atoms with E-state index in [1.807, 2.05) is 6.08 Å². The van der Waals surface area contributed by atoms with E-state index in [4.69, 9.17) is 14.2 Å². The van der Waals surface area contributed by atoms with Crippen LogP contribution in [0, 0.1) is 5.92 Å². The van der Waals surface area contributed by atoms with Crippen LogP contribution in [0.15, 0.2) is 12.7 Å². The lowest BCUT2D eigenvalue weighted by Gasteiger charge is -2.36. The van der Waals surface area contributed by atoms with Gasteiger partial charge in [-0.05, 0) is 25.7 Å². The summed E-state index contributed by atoms with van der Waals surface area (Å²) < 4.78 is 17.0. The predicted molar refractivity (Wildman–Crippen MR) is 112 cm³/mol. The van der Waals surface area contributed by atoms with Crippen LogP contribution in [0.25, 0.3) is 0 Å². The van der Waals surface area contributed by atoms with E-state index < -0.39 is 5.97 Å². The van der Waals surface area contributed by atoms with Crippen molar-refractivity contribution in [2.75, 3.05) is 21.3 Å². The molecule has 0 heterocycles. The van der Waals surface area contributed by atoms with Gasteiger partial charge < -0.3 is 14.2 Å². The summed E-state index contributed by atoms with van der Waals surface area (Å²) in [6.45, 7) is 6.05. The van der Waals surface area contributed by atoms with Crippen molar-refractivity contribution in [3.8, 4) is 0 Å². The molecular weight excluding hydrogens is 324 g/mol. The van der Waals surface area contributed by atoms with E-state index in [1.54, 1.807) is 21.3 Å².